The molecular formula is C16H19FN2O2. The summed E-state index contributed by atoms with van der Waals surface area (Å²) >= 11 is 0. The van der Waals surface area contributed by atoms with Crippen LogP contribution in [0.5, 0.6) is 5.75 Å². The minimum Gasteiger partial charge on any atom is -0.506 e. The fourth-order valence-electron chi connectivity index (χ4n) is 2.14. The predicted octanol–water partition coefficient (Wildman–Crippen LogP) is 2.58. The molecule has 5 heteroatoms. The highest BCUT2D eigenvalue weighted by Crippen LogP contribution is 2.24. The first kappa shape index (κ1) is 15.4. The van der Waals surface area contributed by atoms with Crippen molar-refractivity contribution < 1.29 is 14.6 Å². The molecule has 0 amide bonds. The minimum absolute atomic E-state index is 0.00925. The third-order valence-electron chi connectivity index (χ3n) is 3.56. The Labute approximate surface area is 123 Å². The number of aryl methyl sites for hydroxylation is 1. The van der Waals surface area contributed by atoms with Crippen molar-refractivity contribution in [3.8, 4) is 5.75 Å². The molecule has 1 atom stereocenters. The van der Waals surface area contributed by atoms with Gasteiger partial charge in [-0.3, -0.25) is 4.98 Å². The molecule has 0 saturated heterocycles. The lowest BCUT2D eigenvalue weighted by Crippen LogP contribution is -2.19. The van der Waals surface area contributed by atoms with Gasteiger partial charge in [0.2, 0.25) is 0 Å². The van der Waals surface area contributed by atoms with E-state index in [1.807, 2.05) is 6.92 Å². The second kappa shape index (κ2) is 6.65. The molecule has 1 aromatic carbocycles. The fraction of sp³-hybridized carbons (Fsp3) is 0.312. The molecule has 1 heterocycles. The Hall–Kier alpha value is -1.98. The van der Waals surface area contributed by atoms with E-state index in [0.29, 0.717) is 23.4 Å². The Morgan fingerprint density at radius 3 is 2.57 bits per heavy atom. The summed E-state index contributed by atoms with van der Waals surface area (Å²) in [5.41, 5.74) is 2.71. The maximum Gasteiger partial charge on any atom is 0.141 e. The first-order chi connectivity index (χ1) is 10.0. The molecule has 0 bridgehead atoms. The summed E-state index contributed by atoms with van der Waals surface area (Å²) in [4.78, 5) is 4.03. The zero-order valence-electron chi connectivity index (χ0n) is 12.1. The molecule has 0 aliphatic rings. The molecule has 4 nitrogen and oxygen atoms in total. The topological polar surface area (TPSA) is 65.4 Å². The molecular weight excluding hydrogens is 271 g/mol. The number of nitrogens with one attached hydrogen (secondary N) is 1. The van der Waals surface area contributed by atoms with E-state index in [1.54, 1.807) is 25.3 Å². The Balaban J connectivity index is 2.12. The Morgan fingerprint density at radius 2 is 1.95 bits per heavy atom. The highest BCUT2D eigenvalue weighted by molar-refractivity contribution is 5.40. The van der Waals surface area contributed by atoms with Gasteiger partial charge in [0.1, 0.15) is 11.6 Å². The number of aromatic hydroxyl groups is 1. The van der Waals surface area contributed by atoms with Crippen LogP contribution in [-0.4, -0.2) is 15.2 Å². The molecule has 21 heavy (non-hydrogen) atoms. The van der Waals surface area contributed by atoms with Gasteiger partial charge in [-0.1, -0.05) is 12.1 Å². The maximum absolute atomic E-state index is 12.9. The number of aliphatic hydroxyl groups excluding tert-OH is 1. The van der Waals surface area contributed by atoms with Gasteiger partial charge in [0.25, 0.3) is 0 Å². The van der Waals surface area contributed by atoms with Gasteiger partial charge >= 0.3 is 0 Å². The molecule has 0 saturated carbocycles. The zero-order chi connectivity index (χ0) is 15.4. The largest absolute Gasteiger partial charge is 0.506 e. The van der Waals surface area contributed by atoms with E-state index in [9.17, 15) is 14.6 Å². The molecule has 0 fully saturated rings. The van der Waals surface area contributed by atoms with Crippen LogP contribution in [0.1, 0.15) is 35.3 Å². The average Bonchev–Trinajstić information content (AvgIpc) is 2.49. The van der Waals surface area contributed by atoms with E-state index < -0.39 is 0 Å². The van der Waals surface area contributed by atoms with Gasteiger partial charge in [0.05, 0.1) is 12.3 Å². The standard InChI is InChI=1S/C16H19FN2O2/c1-10(12-3-5-14(17)6-4-12)19-8-15-13(9-20)7-18-11(2)16(15)21/h3-7,10,19-21H,8-9H2,1-2H3/t10-/m0/s1. The van der Waals surface area contributed by atoms with E-state index in [1.165, 1.54) is 12.1 Å². The number of benzene rings is 1. The smallest absolute Gasteiger partial charge is 0.141 e. The van der Waals surface area contributed by atoms with E-state index >= 15 is 0 Å². The van der Waals surface area contributed by atoms with Crippen molar-refractivity contribution in [2.45, 2.75) is 33.0 Å². The maximum atomic E-state index is 12.9. The van der Waals surface area contributed by atoms with E-state index in [0.717, 1.165) is 5.56 Å². The molecule has 112 valence electrons. The molecule has 3 N–H and O–H groups in total. The van der Waals surface area contributed by atoms with Gasteiger partial charge in [-0.05, 0) is 31.5 Å². The number of hydrogen-bond acceptors (Lipinski definition) is 4. The Morgan fingerprint density at radius 1 is 1.29 bits per heavy atom. The number of rotatable bonds is 5. The second-order valence-corrected chi connectivity index (χ2v) is 5.01. The molecule has 2 rings (SSSR count). The van der Waals surface area contributed by atoms with Crippen molar-refractivity contribution in [3.05, 3.63) is 58.7 Å². The number of hydrogen-bond donors (Lipinski definition) is 3. The molecule has 1 aromatic heterocycles. The molecule has 2 aromatic rings. The Bertz CT molecular complexity index is 614. The highest BCUT2D eigenvalue weighted by Gasteiger charge is 2.13. The second-order valence-electron chi connectivity index (χ2n) is 5.01. The van der Waals surface area contributed by atoms with Crippen LogP contribution in [0.4, 0.5) is 4.39 Å². The third kappa shape index (κ3) is 3.56. The van der Waals surface area contributed by atoms with Crippen LogP contribution in [0, 0.1) is 12.7 Å². The molecule has 0 aliphatic heterocycles. The molecule has 0 unspecified atom stereocenters. The molecule has 0 spiro atoms. The van der Waals surface area contributed by atoms with Crippen molar-refractivity contribution in [1.82, 2.24) is 10.3 Å². The van der Waals surface area contributed by atoms with Crippen molar-refractivity contribution in [3.63, 3.8) is 0 Å². The number of aliphatic hydroxyl groups is 1. The highest BCUT2D eigenvalue weighted by atomic mass is 19.1. The monoisotopic (exact) mass is 290 g/mol. The summed E-state index contributed by atoms with van der Waals surface area (Å²) in [6, 6.07) is 6.27. The predicted molar refractivity (Wildman–Crippen MR) is 78.2 cm³/mol. The Kier molecular flexibility index (Phi) is 4.88. The first-order valence-corrected chi connectivity index (χ1v) is 6.79. The van der Waals surface area contributed by atoms with Crippen molar-refractivity contribution >= 4 is 0 Å². The van der Waals surface area contributed by atoms with E-state index in [-0.39, 0.29) is 24.2 Å². The summed E-state index contributed by atoms with van der Waals surface area (Å²) in [7, 11) is 0. The lowest BCUT2D eigenvalue weighted by atomic mass is 10.1. The summed E-state index contributed by atoms with van der Waals surface area (Å²) in [6.07, 6.45) is 1.56. The van der Waals surface area contributed by atoms with E-state index in [2.05, 4.69) is 10.3 Å². The number of halogens is 1. The van der Waals surface area contributed by atoms with Gasteiger partial charge in [-0.2, -0.15) is 0 Å². The third-order valence-corrected chi connectivity index (χ3v) is 3.56. The SMILES string of the molecule is Cc1ncc(CO)c(CN[C@@H](C)c2ccc(F)cc2)c1O. The van der Waals surface area contributed by atoms with Crippen molar-refractivity contribution in [2.24, 2.45) is 0 Å². The summed E-state index contributed by atoms with van der Waals surface area (Å²) in [6.45, 7) is 3.88. The van der Waals surface area contributed by atoms with Crippen LogP contribution < -0.4 is 5.32 Å². The summed E-state index contributed by atoms with van der Waals surface area (Å²) in [5, 5.41) is 22.6. The van der Waals surface area contributed by atoms with Crippen LogP contribution in [0.3, 0.4) is 0 Å². The van der Waals surface area contributed by atoms with Crippen LogP contribution >= 0.6 is 0 Å². The van der Waals surface area contributed by atoms with Crippen LogP contribution in [-0.2, 0) is 13.2 Å². The van der Waals surface area contributed by atoms with Gasteiger partial charge < -0.3 is 15.5 Å². The lowest BCUT2D eigenvalue weighted by Gasteiger charge is -2.17. The van der Waals surface area contributed by atoms with Gasteiger partial charge in [0.15, 0.2) is 0 Å². The van der Waals surface area contributed by atoms with Crippen molar-refractivity contribution in [2.75, 3.05) is 0 Å². The summed E-state index contributed by atoms with van der Waals surface area (Å²) < 4.78 is 12.9. The fourth-order valence-corrected chi connectivity index (χ4v) is 2.14. The van der Waals surface area contributed by atoms with Crippen molar-refractivity contribution in [1.29, 1.82) is 0 Å². The molecule has 0 aliphatic carbocycles. The van der Waals surface area contributed by atoms with Gasteiger partial charge in [-0.25, -0.2) is 4.39 Å². The van der Waals surface area contributed by atoms with E-state index in [4.69, 9.17) is 0 Å². The van der Waals surface area contributed by atoms with Crippen LogP contribution in [0.2, 0.25) is 0 Å². The number of aromatic nitrogens is 1. The first-order valence-electron chi connectivity index (χ1n) is 6.79. The van der Waals surface area contributed by atoms with Gasteiger partial charge in [-0.15, -0.1) is 0 Å². The van der Waals surface area contributed by atoms with Crippen LogP contribution in [0.15, 0.2) is 30.5 Å². The minimum atomic E-state index is -0.268. The van der Waals surface area contributed by atoms with Crippen LogP contribution in [0.25, 0.3) is 0 Å². The zero-order valence-corrected chi connectivity index (χ0v) is 12.1. The summed E-state index contributed by atoms with van der Waals surface area (Å²) in [5.74, 6) is -0.170. The number of nitrogens with zero attached hydrogens (tertiary/aromatic N) is 1. The van der Waals surface area contributed by atoms with Gasteiger partial charge in [0, 0.05) is 29.9 Å². The average molecular weight is 290 g/mol. The lowest BCUT2D eigenvalue weighted by molar-refractivity contribution is 0.278. The quantitative estimate of drug-likeness (QED) is 0.792. The molecule has 0 radical (unpaired) electrons. The number of pyridine rings is 1. The normalized spacial score (nSPS) is 12.4.